The van der Waals surface area contributed by atoms with E-state index in [2.05, 4.69) is 108 Å². The second kappa shape index (κ2) is 12.4. The lowest BCUT2D eigenvalue weighted by Gasteiger charge is -2.45. The summed E-state index contributed by atoms with van der Waals surface area (Å²) in [6, 6.07) is 29.0. The van der Waals surface area contributed by atoms with E-state index in [1.54, 1.807) is 0 Å². The van der Waals surface area contributed by atoms with Crippen LogP contribution in [-0.4, -0.2) is 32.1 Å². The molecule has 1 unspecified atom stereocenters. The second-order valence-electron chi connectivity index (χ2n) is 12.4. The summed E-state index contributed by atoms with van der Waals surface area (Å²) < 4.78 is 8.03. The number of thiazole rings is 1. The fourth-order valence-electron chi connectivity index (χ4n) is 5.94. The van der Waals surface area contributed by atoms with Gasteiger partial charge in [0.05, 0.1) is 11.1 Å². The lowest BCUT2D eigenvalue weighted by Crippen LogP contribution is -2.67. The molecule has 8 heteroatoms. The van der Waals surface area contributed by atoms with Crippen LogP contribution in [0.5, 0.6) is 0 Å². The minimum Gasteiger partial charge on any atom is -0.407 e. The molecule has 1 aliphatic carbocycles. The molecule has 0 bridgehead atoms. The Balaban J connectivity index is 1.24. The maximum atomic E-state index is 13.1. The standard InChI is InChI=1S/C34H37BrN2O3SSi/c1-33(2,3)42(28-11-7-5-8-12-28,29-13-9-6-10-14-29)40-21-24-19-25(20-24)31(39)37-32-36-30(22-41-32)34(4,23-38)26-15-17-27(35)18-16-26/h5-18,22-25H,19-21H2,1-4H3,(H,36,37,39). The summed E-state index contributed by atoms with van der Waals surface area (Å²) in [6.45, 7) is 9.33. The summed E-state index contributed by atoms with van der Waals surface area (Å²) in [4.78, 5) is 29.9. The number of nitrogens with zero attached hydrogens (tertiary/aromatic N) is 1. The van der Waals surface area contributed by atoms with Gasteiger partial charge in [0.2, 0.25) is 5.91 Å². The van der Waals surface area contributed by atoms with Crippen LogP contribution in [0.3, 0.4) is 0 Å². The Hall–Kier alpha value is -2.91. The van der Waals surface area contributed by atoms with E-state index >= 15 is 0 Å². The summed E-state index contributed by atoms with van der Waals surface area (Å²) >= 11 is 4.80. The lowest BCUT2D eigenvalue weighted by molar-refractivity contribution is -0.124. The van der Waals surface area contributed by atoms with Crippen LogP contribution in [0.2, 0.25) is 5.04 Å². The molecule has 1 aliphatic rings. The van der Waals surface area contributed by atoms with Crippen LogP contribution in [0.25, 0.3) is 0 Å². The van der Waals surface area contributed by atoms with Gasteiger partial charge in [0, 0.05) is 22.4 Å². The van der Waals surface area contributed by atoms with Gasteiger partial charge >= 0.3 is 0 Å². The molecule has 1 amide bonds. The van der Waals surface area contributed by atoms with E-state index in [0.29, 0.717) is 23.4 Å². The number of amides is 1. The first-order valence-electron chi connectivity index (χ1n) is 14.3. The molecule has 1 atom stereocenters. The normalized spacial score (nSPS) is 18.5. The summed E-state index contributed by atoms with van der Waals surface area (Å²) in [7, 11) is -2.59. The van der Waals surface area contributed by atoms with Gasteiger partial charge in [0.15, 0.2) is 5.13 Å². The molecule has 4 aromatic rings. The van der Waals surface area contributed by atoms with Crippen LogP contribution in [0.4, 0.5) is 5.13 Å². The molecule has 1 N–H and O–H groups in total. The van der Waals surface area contributed by atoms with Gasteiger partial charge in [-0.15, -0.1) is 11.3 Å². The van der Waals surface area contributed by atoms with Crippen LogP contribution in [0, 0.1) is 11.8 Å². The molecular weight excluding hydrogens is 624 g/mol. The van der Waals surface area contributed by atoms with Crippen molar-refractivity contribution in [3.8, 4) is 0 Å². The molecule has 1 fully saturated rings. The molecular formula is C34H37BrN2O3SSi. The summed E-state index contributed by atoms with van der Waals surface area (Å²) in [5, 5.41) is 7.83. The van der Waals surface area contributed by atoms with Gasteiger partial charge in [-0.05, 0) is 58.8 Å². The number of halogens is 1. The Morgan fingerprint density at radius 1 is 0.976 bits per heavy atom. The number of aldehydes is 1. The zero-order valence-corrected chi connectivity index (χ0v) is 27.9. The van der Waals surface area contributed by atoms with Gasteiger partial charge in [-0.2, -0.15) is 0 Å². The molecule has 218 valence electrons. The minimum atomic E-state index is -2.59. The summed E-state index contributed by atoms with van der Waals surface area (Å²) in [5.74, 6) is 0.230. The predicted molar refractivity (Wildman–Crippen MR) is 177 cm³/mol. The Labute approximate surface area is 262 Å². The van der Waals surface area contributed by atoms with Crippen LogP contribution < -0.4 is 15.7 Å². The van der Waals surface area contributed by atoms with Crippen molar-refractivity contribution in [1.29, 1.82) is 0 Å². The largest absolute Gasteiger partial charge is 0.407 e. The fourth-order valence-corrected chi connectivity index (χ4v) is 11.7. The Bertz CT molecular complexity index is 1480. The highest BCUT2D eigenvalue weighted by molar-refractivity contribution is 9.10. The van der Waals surface area contributed by atoms with Crippen molar-refractivity contribution in [3.63, 3.8) is 0 Å². The molecule has 1 heterocycles. The van der Waals surface area contributed by atoms with Gasteiger partial charge < -0.3 is 14.5 Å². The molecule has 1 aromatic heterocycles. The first-order valence-corrected chi connectivity index (χ1v) is 17.9. The molecule has 42 heavy (non-hydrogen) atoms. The van der Waals surface area contributed by atoms with Gasteiger partial charge in [0.1, 0.15) is 6.29 Å². The van der Waals surface area contributed by atoms with Crippen molar-refractivity contribution in [2.24, 2.45) is 11.8 Å². The topological polar surface area (TPSA) is 68.3 Å². The van der Waals surface area contributed by atoms with Crippen molar-refractivity contribution >= 4 is 63.3 Å². The number of aromatic nitrogens is 1. The lowest BCUT2D eigenvalue weighted by atomic mass is 9.75. The first kappa shape index (κ1) is 30.5. The molecule has 1 saturated carbocycles. The molecule has 5 rings (SSSR count). The van der Waals surface area contributed by atoms with Gasteiger partial charge in [-0.3, -0.25) is 4.79 Å². The number of benzene rings is 3. The minimum absolute atomic E-state index is 0.0194. The number of nitrogens with one attached hydrogen (secondary N) is 1. The third-order valence-electron chi connectivity index (χ3n) is 8.50. The quantitative estimate of drug-likeness (QED) is 0.148. The Morgan fingerprint density at radius 2 is 1.55 bits per heavy atom. The van der Waals surface area contributed by atoms with E-state index in [4.69, 9.17) is 4.43 Å². The van der Waals surface area contributed by atoms with E-state index in [-0.39, 0.29) is 16.9 Å². The monoisotopic (exact) mass is 660 g/mol. The molecule has 0 spiro atoms. The zero-order valence-electron chi connectivity index (χ0n) is 24.5. The van der Waals surface area contributed by atoms with Crippen LogP contribution in [0.1, 0.15) is 51.8 Å². The van der Waals surface area contributed by atoms with E-state index < -0.39 is 13.7 Å². The van der Waals surface area contributed by atoms with Crippen molar-refractivity contribution in [3.05, 3.63) is 106 Å². The zero-order chi connectivity index (χ0) is 30.0. The number of carbonyl (C=O) groups is 2. The second-order valence-corrected chi connectivity index (χ2v) is 18.4. The predicted octanol–water partition coefficient (Wildman–Crippen LogP) is 6.95. The van der Waals surface area contributed by atoms with Crippen LogP contribution in [-0.2, 0) is 19.4 Å². The maximum Gasteiger partial charge on any atom is 0.261 e. The van der Waals surface area contributed by atoms with Gasteiger partial charge in [0.25, 0.3) is 8.32 Å². The van der Waals surface area contributed by atoms with Crippen LogP contribution in [0.15, 0.2) is 94.8 Å². The fraction of sp³-hybridized carbons (Fsp3) is 0.324. The smallest absolute Gasteiger partial charge is 0.261 e. The third-order valence-corrected chi connectivity index (χ3v) is 14.8. The molecule has 0 radical (unpaired) electrons. The summed E-state index contributed by atoms with van der Waals surface area (Å²) in [6.07, 6.45) is 2.49. The van der Waals surface area contributed by atoms with Crippen molar-refractivity contribution in [2.45, 2.75) is 51.0 Å². The van der Waals surface area contributed by atoms with Gasteiger partial charge in [-0.25, -0.2) is 4.98 Å². The van der Waals surface area contributed by atoms with E-state index in [9.17, 15) is 9.59 Å². The van der Waals surface area contributed by atoms with Gasteiger partial charge in [-0.1, -0.05) is 109 Å². The first-order chi connectivity index (χ1) is 20.1. The summed E-state index contributed by atoms with van der Waals surface area (Å²) in [5.41, 5.74) is 0.594. The van der Waals surface area contributed by atoms with Crippen molar-refractivity contribution in [1.82, 2.24) is 4.98 Å². The molecule has 0 saturated heterocycles. The highest BCUT2D eigenvalue weighted by Crippen LogP contribution is 2.40. The van der Waals surface area contributed by atoms with E-state index in [1.807, 2.05) is 36.6 Å². The van der Waals surface area contributed by atoms with Crippen molar-refractivity contribution < 1.29 is 14.0 Å². The average molecular weight is 662 g/mol. The SMILES string of the molecule is CC(C=O)(c1ccc(Br)cc1)c1csc(NC(=O)C2CC(CO[Si](c3ccccc3)(c3ccccc3)C(C)(C)C)C2)n1. The molecule has 0 aliphatic heterocycles. The number of anilines is 1. The average Bonchev–Trinajstić information content (AvgIpc) is 3.43. The highest BCUT2D eigenvalue weighted by Gasteiger charge is 2.51. The molecule has 5 nitrogen and oxygen atoms in total. The maximum absolute atomic E-state index is 13.1. The number of hydrogen-bond acceptors (Lipinski definition) is 5. The number of carbonyl (C=O) groups excluding carboxylic acids is 2. The Kier molecular flexibility index (Phi) is 8.99. The molecule has 3 aromatic carbocycles. The van der Waals surface area contributed by atoms with Crippen LogP contribution >= 0.6 is 27.3 Å². The van der Waals surface area contributed by atoms with E-state index in [0.717, 1.165) is 29.2 Å². The highest BCUT2D eigenvalue weighted by atomic mass is 79.9. The third kappa shape index (κ3) is 5.95. The number of rotatable bonds is 10. The van der Waals surface area contributed by atoms with Crippen molar-refractivity contribution in [2.75, 3.05) is 11.9 Å². The Morgan fingerprint density at radius 3 is 2.07 bits per heavy atom. The number of hydrogen-bond donors (Lipinski definition) is 1. The van der Waals surface area contributed by atoms with E-state index in [1.165, 1.54) is 21.7 Å².